The summed E-state index contributed by atoms with van der Waals surface area (Å²) in [4.78, 5) is 11.3. The molecule has 1 amide bonds. The molecule has 1 N–H and O–H groups in total. The van der Waals surface area contributed by atoms with Crippen LogP contribution < -0.4 is 5.32 Å². The molecule has 0 saturated heterocycles. The second-order valence-electron chi connectivity index (χ2n) is 3.73. The minimum Gasteiger partial charge on any atom is -0.353 e. The molecule has 4 nitrogen and oxygen atoms in total. The number of nitrogens with zero attached hydrogens (tertiary/aromatic N) is 2. The smallest absolute Gasteiger partial charge is 0.353 e. The zero-order valence-electron chi connectivity index (χ0n) is 9.92. The van der Waals surface area contributed by atoms with Gasteiger partial charge in [0, 0.05) is 25.2 Å². The number of rotatable bonds is 5. The van der Waals surface area contributed by atoms with Crippen molar-refractivity contribution in [3.63, 3.8) is 0 Å². The van der Waals surface area contributed by atoms with Crippen LogP contribution in [0.2, 0.25) is 0 Å². The Bertz CT molecular complexity index is 437. The van der Waals surface area contributed by atoms with Gasteiger partial charge in [-0.1, -0.05) is 6.08 Å². The van der Waals surface area contributed by atoms with E-state index >= 15 is 0 Å². The average molecular weight is 261 g/mol. The van der Waals surface area contributed by atoms with Crippen LogP contribution in [-0.2, 0) is 17.5 Å². The summed E-state index contributed by atoms with van der Waals surface area (Å²) < 4.78 is 38.3. The van der Waals surface area contributed by atoms with E-state index < -0.39 is 11.9 Å². The van der Waals surface area contributed by atoms with Crippen LogP contribution in [0.1, 0.15) is 17.8 Å². The molecule has 0 aliphatic heterocycles. The normalized spacial score (nSPS) is 11.3. The van der Waals surface area contributed by atoms with E-state index in [1.54, 1.807) is 0 Å². The molecular weight excluding hydrogens is 247 g/mol. The fourth-order valence-electron chi connectivity index (χ4n) is 1.36. The lowest BCUT2D eigenvalue weighted by atomic mass is 10.3. The van der Waals surface area contributed by atoms with Gasteiger partial charge in [0.15, 0.2) is 5.69 Å². The molecule has 0 aromatic carbocycles. The SMILES string of the molecule is C=CCNC(=O)CCn1nc(C(F)(F)F)cc1C. The van der Waals surface area contributed by atoms with Crippen LogP contribution in [0.25, 0.3) is 0 Å². The van der Waals surface area contributed by atoms with E-state index in [4.69, 9.17) is 0 Å². The van der Waals surface area contributed by atoms with E-state index in [0.29, 0.717) is 12.2 Å². The van der Waals surface area contributed by atoms with E-state index in [1.165, 1.54) is 17.7 Å². The van der Waals surface area contributed by atoms with Crippen molar-refractivity contribution in [2.24, 2.45) is 0 Å². The lowest BCUT2D eigenvalue weighted by Crippen LogP contribution is -2.24. The van der Waals surface area contributed by atoms with Crippen LogP contribution in [-0.4, -0.2) is 22.2 Å². The topological polar surface area (TPSA) is 46.9 Å². The number of hydrogen-bond acceptors (Lipinski definition) is 2. The quantitative estimate of drug-likeness (QED) is 0.823. The molecule has 0 fully saturated rings. The van der Waals surface area contributed by atoms with Gasteiger partial charge >= 0.3 is 6.18 Å². The number of hydrogen-bond donors (Lipinski definition) is 1. The van der Waals surface area contributed by atoms with E-state index in [1.807, 2.05) is 0 Å². The van der Waals surface area contributed by atoms with Crippen molar-refractivity contribution >= 4 is 5.91 Å². The lowest BCUT2D eigenvalue weighted by Gasteiger charge is -2.05. The molecule has 0 unspecified atom stereocenters. The molecule has 0 radical (unpaired) electrons. The van der Waals surface area contributed by atoms with Gasteiger partial charge in [0.25, 0.3) is 0 Å². The summed E-state index contributed by atoms with van der Waals surface area (Å²) >= 11 is 0. The van der Waals surface area contributed by atoms with E-state index in [2.05, 4.69) is 17.0 Å². The van der Waals surface area contributed by atoms with E-state index in [-0.39, 0.29) is 18.9 Å². The first-order valence-corrected chi connectivity index (χ1v) is 5.34. The fraction of sp³-hybridized carbons (Fsp3) is 0.455. The predicted octanol–water partition coefficient (Wildman–Crippen LogP) is 1.90. The maximum Gasteiger partial charge on any atom is 0.435 e. The second kappa shape index (κ2) is 5.70. The molecule has 0 aliphatic rings. The zero-order chi connectivity index (χ0) is 13.8. The number of carbonyl (C=O) groups is 1. The molecule has 1 aromatic heterocycles. The molecule has 0 saturated carbocycles. The third-order valence-corrected chi connectivity index (χ3v) is 2.27. The van der Waals surface area contributed by atoms with Crippen molar-refractivity contribution in [2.75, 3.05) is 6.54 Å². The monoisotopic (exact) mass is 261 g/mol. The Labute approximate surface area is 102 Å². The molecule has 0 atom stereocenters. The molecular formula is C11H14F3N3O. The number of carbonyl (C=O) groups excluding carboxylic acids is 1. The molecule has 7 heteroatoms. The van der Waals surface area contributed by atoms with Gasteiger partial charge in [-0.2, -0.15) is 18.3 Å². The number of alkyl halides is 3. The van der Waals surface area contributed by atoms with Gasteiger partial charge in [-0.05, 0) is 13.0 Å². The van der Waals surface area contributed by atoms with Crippen molar-refractivity contribution in [3.8, 4) is 0 Å². The number of amides is 1. The maximum absolute atomic E-state index is 12.4. The average Bonchev–Trinajstić information content (AvgIpc) is 2.65. The Hall–Kier alpha value is -1.79. The zero-order valence-corrected chi connectivity index (χ0v) is 9.92. The van der Waals surface area contributed by atoms with Crippen molar-refractivity contribution in [1.29, 1.82) is 0 Å². The lowest BCUT2D eigenvalue weighted by molar-refractivity contribution is -0.141. The van der Waals surface area contributed by atoms with Gasteiger partial charge in [0.05, 0.1) is 0 Å². The Balaban J connectivity index is 2.60. The van der Waals surface area contributed by atoms with Crippen molar-refractivity contribution in [3.05, 3.63) is 30.1 Å². The molecule has 0 aliphatic carbocycles. The molecule has 18 heavy (non-hydrogen) atoms. The molecule has 0 bridgehead atoms. The summed E-state index contributed by atoms with van der Waals surface area (Å²) in [6, 6.07) is 0.960. The third kappa shape index (κ3) is 3.90. The van der Waals surface area contributed by atoms with Gasteiger partial charge in [-0.25, -0.2) is 0 Å². The number of halogens is 3. The highest BCUT2D eigenvalue weighted by atomic mass is 19.4. The second-order valence-corrected chi connectivity index (χ2v) is 3.73. The molecule has 1 heterocycles. The summed E-state index contributed by atoms with van der Waals surface area (Å²) in [6.07, 6.45) is -2.85. The summed E-state index contributed by atoms with van der Waals surface area (Å²) in [7, 11) is 0. The Morgan fingerprint density at radius 2 is 2.28 bits per heavy atom. The Morgan fingerprint density at radius 3 is 2.78 bits per heavy atom. The molecule has 100 valence electrons. The third-order valence-electron chi connectivity index (χ3n) is 2.27. The Kier molecular flexibility index (Phi) is 4.52. The molecule has 1 aromatic rings. The number of nitrogens with one attached hydrogen (secondary N) is 1. The van der Waals surface area contributed by atoms with Crippen LogP contribution >= 0.6 is 0 Å². The minimum atomic E-state index is -4.46. The Morgan fingerprint density at radius 1 is 1.61 bits per heavy atom. The summed E-state index contributed by atoms with van der Waals surface area (Å²) in [5.41, 5.74) is -0.564. The van der Waals surface area contributed by atoms with E-state index in [9.17, 15) is 18.0 Å². The van der Waals surface area contributed by atoms with E-state index in [0.717, 1.165) is 6.07 Å². The summed E-state index contributed by atoms with van der Waals surface area (Å²) in [5, 5.41) is 5.96. The molecule has 0 spiro atoms. The first-order chi connectivity index (χ1) is 8.34. The predicted molar refractivity (Wildman–Crippen MR) is 59.8 cm³/mol. The first kappa shape index (κ1) is 14.3. The van der Waals surface area contributed by atoms with Crippen LogP contribution in [0.5, 0.6) is 0 Å². The maximum atomic E-state index is 12.4. The largest absolute Gasteiger partial charge is 0.435 e. The van der Waals surface area contributed by atoms with Gasteiger partial charge in [-0.3, -0.25) is 9.48 Å². The van der Waals surface area contributed by atoms with Crippen LogP contribution in [0.3, 0.4) is 0 Å². The van der Waals surface area contributed by atoms with Gasteiger partial charge in [0.1, 0.15) is 0 Å². The highest BCUT2D eigenvalue weighted by Crippen LogP contribution is 2.28. The van der Waals surface area contributed by atoms with Gasteiger partial charge in [0.2, 0.25) is 5.91 Å². The van der Waals surface area contributed by atoms with Crippen LogP contribution in [0, 0.1) is 6.92 Å². The van der Waals surface area contributed by atoms with Crippen LogP contribution in [0.15, 0.2) is 18.7 Å². The van der Waals surface area contributed by atoms with Gasteiger partial charge < -0.3 is 5.32 Å². The minimum absolute atomic E-state index is 0.0770. The van der Waals surface area contributed by atoms with Crippen molar-refractivity contribution in [1.82, 2.24) is 15.1 Å². The standard InChI is InChI=1S/C11H14F3N3O/c1-3-5-15-10(18)4-6-17-8(2)7-9(16-17)11(12,13)14/h3,7H,1,4-6H2,2H3,(H,15,18). The highest BCUT2D eigenvalue weighted by Gasteiger charge is 2.34. The molecule has 1 rings (SSSR count). The highest BCUT2D eigenvalue weighted by molar-refractivity contribution is 5.75. The van der Waals surface area contributed by atoms with Crippen molar-refractivity contribution in [2.45, 2.75) is 26.1 Å². The van der Waals surface area contributed by atoms with Gasteiger partial charge in [-0.15, -0.1) is 6.58 Å². The number of aryl methyl sites for hydroxylation is 2. The summed E-state index contributed by atoms with van der Waals surface area (Å²) in [5.74, 6) is -0.252. The van der Waals surface area contributed by atoms with Crippen molar-refractivity contribution < 1.29 is 18.0 Å². The summed E-state index contributed by atoms with van der Waals surface area (Å²) in [6.45, 7) is 5.41. The fourth-order valence-corrected chi connectivity index (χ4v) is 1.36. The van der Waals surface area contributed by atoms with Crippen LogP contribution in [0.4, 0.5) is 13.2 Å². The first-order valence-electron chi connectivity index (χ1n) is 5.34. The number of aromatic nitrogens is 2.